The third kappa shape index (κ3) is 2.84. The van der Waals surface area contributed by atoms with Gasteiger partial charge in [0.05, 0.1) is 6.54 Å². The summed E-state index contributed by atoms with van der Waals surface area (Å²) in [4.78, 5) is 7.90. The second-order valence-electron chi connectivity index (χ2n) is 4.14. The molecule has 0 aliphatic carbocycles. The van der Waals surface area contributed by atoms with Crippen molar-refractivity contribution in [2.75, 3.05) is 11.9 Å². The van der Waals surface area contributed by atoms with Crippen LogP contribution >= 0.6 is 11.3 Å². The Morgan fingerprint density at radius 2 is 2.24 bits per heavy atom. The summed E-state index contributed by atoms with van der Waals surface area (Å²) in [5, 5.41) is 2.09. The van der Waals surface area contributed by atoms with E-state index in [9.17, 15) is 0 Å². The molecule has 0 aliphatic rings. The van der Waals surface area contributed by atoms with Crippen LogP contribution in [0.3, 0.4) is 0 Å². The zero-order valence-electron chi connectivity index (χ0n) is 10.1. The highest BCUT2D eigenvalue weighted by molar-refractivity contribution is 7.09. The second-order valence-corrected chi connectivity index (χ2v) is 5.17. The van der Waals surface area contributed by atoms with E-state index in [0.29, 0.717) is 0 Å². The Hall–Kier alpha value is -1.39. The first kappa shape index (κ1) is 12.1. The van der Waals surface area contributed by atoms with Crippen LogP contribution in [0.2, 0.25) is 0 Å². The largest absolute Gasteiger partial charge is 0.354 e. The van der Waals surface area contributed by atoms with Crippen molar-refractivity contribution in [3.05, 3.63) is 46.3 Å². The average molecular weight is 247 g/mol. The summed E-state index contributed by atoms with van der Waals surface area (Å²) >= 11 is 1.76. The molecule has 2 rings (SSSR count). The fraction of sp³-hybridized carbons (Fsp3) is 0.308. The maximum absolute atomic E-state index is 5.96. The fourth-order valence-electron chi connectivity index (χ4n) is 1.79. The van der Waals surface area contributed by atoms with E-state index in [-0.39, 0.29) is 6.04 Å². The third-order valence-corrected chi connectivity index (χ3v) is 3.50. The van der Waals surface area contributed by atoms with Crippen LogP contribution in [0.25, 0.3) is 0 Å². The maximum atomic E-state index is 5.96. The van der Waals surface area contributed by atoms with E-state index < -0.39 is 0 Å². The second kappa shape index (κ2) is 5.29. The number of aromatic nitrogens is 1. The van der Waals surface area contributed by atoms with E-state index >= 15 is 0 Å². The number of hydrogen-bond donors (Lipinski definition) is 1. The molecule has 2 N–H and O–H groups in total. The maximum Gasteiger partial charge on any atom is 0.133 e. The summed E-state index contributed by atoms with van der Waals surface area (Å²) in [6.45, 7) is 2.86. The minimum Gasteiger partial charge on any atom is -0.354 e. The van der Waals surface area contributed by atoms with Gasteiger partial charge in [0, 0.05) is 29.7 Å². The van der Waals surface area contributed by atoms with Crippen LogP contribution in [0.4, 0.5) is 5.82 Å². The molecule has 2 heterocycles. The van der Waals surface area contributed by atoms with E-state index in [2.05, 4.69) is 27.4 Å². The lowest BCUT2D eigenvalue weighted by atomic mass is 10.1. The molecule has 0 amide bonds. The monoisotopic (exact) mass is 247 g/mol. The SMILES string of the molecule is CC(N)c1cccnc1N(C)Cc1cccs1. The molecule has 1 atom stereocenters. The predicted octanol–water partition coefficient (Wildman–Crippen LogP) is 2.80. The number of rotatable bonds is 4. The molecule has 0 bridgehead atoms. The van der Waals surface area contributed by atoms with Crippen LogP contribution in [-0.2, 0) is 6.54 Å². The standard InChI is InChI=1S/C13H17N3S/c1-10(14)12-6-3-7-15-13(12)16(2)9-11-5-4-8-17-11/h3-8,10H,9,14H2,1-2H3. The van der Waals surface area contributed by atoms with Gasteiger partial charge in [-0.1, -0.05) is 12.1 Å². The smallest absolute Gasteiger partial charge is 0.133 e. The Morgan fingerprint density at radius 1 is 1.41 bits per heavy atom. The number of nitrogens with two attached hydrogens (primary N) is 1. The van der Waals surface area contributed by atoms with Crippen LogP contribution in [0.1, 0.15) is 23.4 Å². The Labute approximate surface area is 106 Å². The van der Waals surface area contributed by atoms with Gasteiger partial charge >= 0.3 is 0 Å². The molecule has 0 aromatic carbocycles. The lowest BCUT2D eigenvalue weighted by Crippen LogP contribution is -2.20. The summed E-state index contributed by atoms with van der Waals surface area (Å²) in [6.07, 6.45) is 1.81. The zero-order chi connectivity index (χ0) is 12.3. The van der Waals surface area contributed by atoms with E-state index in [1.807, 2.05) is 32.3 Å². The van der Waals surface area contributed by atoms with Crippen LogP contribution < -0.4 is 10.6 Å². The van der Waals surface area contributed by atoms with E-state index in [1.165, 1.54) is 4.88 Å². The van der Waals surface area contributed by atoms with Crippen molar-refractivity contribution in [3.8, 4) is 0 Å². The van der Waals surface area contributed by atoms with Crippen molar-refractivity contribution in [2.45, 2.75) is 19.5 Å². The van der Waals surface area contributed by atoms with E-state index in [1.54, 1.807) is 11.3 Å². The van der Waals surface area contributed by atoms with Crippen LogP contribution in [0.15, 0.2) is 35.8 Å². The zero-order valence-corrected chi connectivity index (χ0v) is 10.9. The summed E-state index contributed by atoms with van der Waals surface area (Å²) in [6, 6.07) is 8.18. The number of hydrogen-bond acceptors (Lipinski definition) is 4. The van der Waals surface area contributed by atoms with Crippen molar-refractivity contribution < 1.29 is 0 Å². The van der Waals surface area contributed by atoms with Crippen LogP contribution in [0, 0.1) is 0 Å². The van der Waals surface area contributed by atoms with Gasteiger partial charge in [-0.25, -0.2) is 4.98 Å². The lowest BCUT2D eigenvalue weighted by molar-refractivity contribution is 0.790. The summed E-state index contributed by atoms with van der Waals surface area (Å²) < 4.78 is 0. The normalized spacial score (nSPS) is 12.4. The predicted molar refractivity (Wildman–Crippen MR) is 73.3 cm³/mol. The topological polar surface area (TPSA) is 42.1 Å². The minimum absolute atomic E-state index is 0.00415. The summed E-state index contributed by atoms with van der Waals surface area (Å²) in [7, 11) is 2.05. The molecule has 1 unspecified atom stereocenters. The van der Waals surface area contributed by atoms with Gasteiger partial charge in [-0.2, -0.15) is 0 Å². The molecule has 0 aliphatic heterocycles. The Kier molecular flexibility index (Phi) is 3.76. The minimum atomic E-state index is 0.00415. The van der Waals surface area contributed by atoms with Crippen molar-refractivity contribution in [2.24, 2.45) is 5.73 Å². The highest BCUT2D eigenvalue weighted by Gasteiger charge is 2.12. The van der Waals surface area contributed by atoms with Gasteiger partial charge in [0.25, 0.3) is 0 Å². The molecule has 17 heavy (non-hydrogen) atoms. The third-order valence-electron chi connectivity index (χ3n) is 2.64. The number of nitrogens with zero attached hydrogens (tertiary/aromatic N) is 2. The summed E-state index contributed by atoms with van der Waals surface area (Å²) in [5.41, 5.74) is 7.05. The van der Waals surface area contributed by atoms with Crippen molar-refractivity contribution in [1.29, 1.82) is 0 Å². The molecular weight excluding hydrogens is 230 g/mol. The molecule has 3 nitrogen and oxygen atoms in total. The number of anilines is 1. The summed E-state index contributed by atoms with van der Waals surface area (Å²) in [5.74, 6) is 0.968. The Bertz CT molecular complexity index is 465. The Morgan fingerprint density at radius 3 is 2.88 bits per heavy atom. The Balaban J connectivity index is 2.21. The van der Waals surface area contributed by atoms with Crippen LogP contribution in [0.5, 0.6) is 0 Å². The highest BCUT2D eigenvalue weighted by atomic mass is 32.1. The lowest BCUT2D eigenvalue weighted by Gasteiger charge is -2.21. The molecule has 0 saturated carbocycles. The van der Waals surface area contributed by atoms with Gasteiger partial charge in [0.15, 0.2) is 0 Å². The van der Waals surface area contributed by atoms with E-state index in [0.717, 1.165) is 17.9 Å². The van der Waals surface area contributed by atoms with Gasteiger partial charge < -0.3 is 10.6 Å². The van der Waals surface area contributed by atoms with Gasteiger partial charge in [0.1, 0.15) is 5.82 Å². The highest BCUT2D eigenvalue weighted by Crippen LogP contribution is 2.23. The quantitative estimate of drug-likeness (QED) is 0.903. The first-order valence-electron chi connectivity index (χ1n) is 5.62. The first-order chi connectivity index (χ1) is 8.18. The fourth-order valence-corrected chi connectivity index (χ4v) is 2.55. The average Bonchev–Trinajstić information content (AvgIpc) is 2.81. The molecule has 4 heteroatoms. The molecule has 0 fully saturated rings. The van der Waals surface area contributed by atoms with E-state index in [4.69, 9.17) is 5.73 Å². The molecule has 0 saturated heterocycles. The van der Waals surface area contributed by atoms with Crippen molar-refractivity contribution in [1.82, 2.24) is 4.98 Å². The van der Waals surface area contributed by atoms with Gasteiger partial charge in [-0.05, 0) is 24.4 Å². The van der Waals surface area contributed by atoms with Crippen LogP contribution in [-0.4, -0.2) is 12.0 Å². The van der Waals surface area contributed by atoms with Gasteiger partial charge in [-0.15, -0.1) is 11.3 Å². The molecular formula is C13H17N3S. The number of pyridine rings is 1. The molecule has 2 aromatic heterocycles. The van der Waals surface area contributed by atoms with Gasteiger partial charge in [0.2, 0.25) is 0 Å². The molecule has 0 spiro atoms. The first-order valence-corrected chi connectivity index (χ1v) is 6.50. The van der Waals surface area contributed by atoms with Crippen molar-refractivity contribution >= 4 is 17.2 Å². The van der Waals surface area contributed by atoms with Crippen molar-refractivity contribution in [3.63, 3.8) is 0 Å². The number of thiophene rings is 1. The molecule has 2 aromatic rings. The molecule has 90 valence electrons. The molecule has 0 radical (unpaired) electrons. The van der Waals surface area contributed by atoms with Gasteiger partial charge in [-0.3, -0.25) is 0 Å².